The number of hydrogen-bond acceptors (Lipinski definition) is 15. The predicted molar refractivity (Wildman–Crippen MR) is 399 cm³/mol. The van der Waals surface area contributed by atoms with E-state index in [-0.39, 0.29) is 25.7 Å². The maximum Gasteiger partial charge on any atom is 0.472 e. The molecule has 5 atom stereocenters. The zero-order chi connectivity index (χ0) is 71.8. The molecule has 3 N–H and O–H groups in total. The molecule has 5 unspecified atom stereocenters. The van der Waals surface area contributed by atoms with E-state index in [1.807, 2.05) is 0 Å². The number of rotatable bonds is 69. The molecule has 0 amide bonds. The summed E-state index contributed by atoms with van der Waals surface area (Å²) in [5.74, 6) is -2.30. The second kappa shape index (κ2) is 70.6. The Labute approximate surface area is 593 Å². The van der Waals surface area contributed by atoms with Crippen molar-refractivity contribution in [1.29, 1.82) is 0 Å². The van der Waals surface area contributed by atoms with Gasteiger partial charge < -0.3 is 33.8 Å². The highest BCUT2D eigenvalue weighted by Crippen LogP contribution is 2.45. The topological polar surface area (TPSA) is 237 Å². The summed E-state index contributed by atoms with van der Waals surface area (Å²) in [6.07, 6.45) is 77.4. The van der Waals surface area contributed by atoms with Crippen LogP contribution in [0.3, 0.4) is 0 Å². The van der Waals surface area contributed by atoms with Gasteiger partial charge in [0, 0.05) is 25.7 Å². The number of aliphatic hydroxyl groups excluding tert-OH is 1. The van der Waals surface area contributed by atoms with Crippen molar-refractivity contribution >= 4 is 39.5 Å². The van der Waals surface area contributed by atoms with Crippen LogP contribution in [-0.4, -0.2) is 96.7 Å². The fourth-order valence-electron chi connectivity index (χ4n) is 9.40. The minimum Gasteiger partial charge on any atom is -0.462 e. The Morgan fingerprint density at radius 1 is 0.296 bits per heavy atom. The maximum atomic E-state index is 13.1. The molecule has 0 fully saturated rings. The normalized spacial score (nSPS) is 14.7. The molecule has 0 aromatic carbocycles. The van der Waals surface area contributed by atoms with Crippen molar-refractivity contribution in [3.8, 4) is 0 Å². The standard InChI is InChI=1S/C79H132O17P2/c1-5-9-13-17-21-25-29-33-36-40-43-47-51-55-59-63-76(81)89-69-74(95-78(83)65-61-57-53-49-45-39-32-28-24-20-16-12-8-4)71-93-97(85,86)91-67-73(80)68-92-98(87,88)94-72-75(96-79(84)66-62-58-54-50-46-42-38-35-31-27-23-19-15-11-7-3)70-90-77(82)64-60-56-52-48-44-41-37-34-30-26-22-18-14-10-6-2/h9-10,13-14,21-23,25-28,32-38,43-44,47-48,73-75,80H,5-8,11-12,15-20,24,29-31,39-42,45-46,49-72H2,1-4H3,(H,85,86)(H,87,88)/b13-9-,14-10-,25-21-,26-22-,27-23-,32-28-,36-33-,37-34-,38-35-,47-43-,48-44-. The van der Waals surface area contributed by atoms with Crippen LogP contribution in [0.1, 0.15) is 285 Å². The molecule has 0 saturated carbocycles. The smallest absolute Gasteiger partial charge is 0.462 e. The van der Waals surface area contributed by atoms with Crippen molar-refractivity contribution in [1.82, 2.24) is 0 Å². The summed E-state index contributed by atoms with van der Waals surface area (Å²) >= 11 is 0. The first-order valence-corrected chi connectivity index (χ1v) is 40.4. The lowest BCUT2D eigenvalue weighted by molar-refractivity contribution is -0.161. The second-order valence-corrected chi connectivity index (χ2v) is 27.4. The fourth-order valence-corrected chi connectivity index (χ4v) is 11.0. The molecule has 0 saturated heterocycles. The first kappa shape index (κ1) is 93.2. The van der Waals surface area contributed by atoms with E-state index in [0.717, 1.165) is 161 Å². The lowest BCUT2D eigenvalue weighted by atomic mass is 10.1. The highest BCUT2D eigenvalue weighted by Gasteiger charge is 2.30. The van der Waals surface area contributed by atoms with Crippen molar-refractivity contribution in [2.24, 2.45) is 0 Å². The van der Waals surface area contributed by atoms with Crippen LogP contribution in [-0.2, 0) is 65.4 Å². The highest BCUT2D eigenvalue weighted by molar-refractivity contribution is 7.47. The molecule has 0 radical (unpaired) electrons. The van der Waals surface area contributed by atoms with Gasteiger partial charge in [-0.05, 0) is 161 Å². The minimum atomic E-state index is -4.99. The molecular formula is C79H132O17P2. The Balaban J connectivity index is 5.44. The third-order valence-electron chi connectivity index (χ3n) is 15.1. The number of carbonyl (C=O) groups is 4. The SMILES string of the molecule is CC/C=C\C/C=C\C/C=C\C/C=C\CCCCC(=O)OCC(COP(=O)(O)OCC(O)COP(=O)(O)OCC(COC(=O)CCCC/C=C\C/C=C\C/C=C\C/C=C\CC)OC(=O)CCCCCCC/C=C\CCCCCC)OC(=O)CCCCCCC/C=C\C/C=C\CCCCC. The molecule has 17 nitrogen and oxygen atoms in total. The first-order chi connectivity index (χ1) is 47.7. The second-order valence-electron chi connectivity index (χ2n) is 24.5. The summed E-state index contributed by atoms with van der Waals surface area (Å²) in [6.45, 7) is 4.46. The number of aliphatic hydroxyl groups is 1. The third-order valence-corrected chi connectivity index (χ3v) is 17.0. The van der Waals surface area contributed by atoms with Gasteiger partial charge in [-0.2, -0.15) is 0 Å². The molecule has 0 rings (SSSR count). The summed E-state index contributed by atoms with van der Waals surface area (Å²) < 4.78 is 68.3. The number of hydrogen-bond donors (Lipinski definition) is 3. The predicted octanol–water partition coefficient (Wildman–Crippen LogP) is 21.3. The largest absolute Gasteiger partial charge is 0.472 e. The van der Waals surface area contributed by atoms with E-state index in [9.17, 15) is 43.2 Å². The summed E-state index contributed by atoms with van der Waals surface area (Å²) in [5.41, 5.74) is 0. The molecule has 0 aliphatic heterocycles. The molecule has 0 aromatic rings. The van der Waals surface area contributed by atoms with Crippen LogP contribution in [0.15, 0.2) is 134 Å². The van der Waals surface area contributed by atoms with Crippen molar-refractivity contribution < 1.29 is 80.2 Å². The summed E-state index contributed by atoms with van der Waals surface area (Å²) in [4.78, 5) is 72.8. The Hall–Kier alpha value is -4.80. The van der Waals surface area contributed by atoms with Crippen molar-refractivity contribution in [2.45, 2.75) is 303 Å². The molecule has 0 aliphatic rings. The van der Waals surface area contributed by atoms with E-state index < -0.39 is 97.5 Å². The molecular weight excluding hydrogens is 1280 g/mol. The lowest BCUT2D eigenvalue weighted by Gasteiger charge is -2.21. The van der Waals surface area contributed by atoms with E-state index in [1.54, 1.807) is 0 Å². The van der Waals surface area contributed by atoms with Crippen LogP contribution in [0.25, 0.3) is 0 Å². The van der Waals surface area contributed by atoms with Crippen LogP contribution in [0, 0.1) is 0 Å². The summed E-state index contributed by atoms with van der Waals surface area (Å²) in [7, 11) is -9.98. The number of phosphoric ester groups is 2. The Kier molecular flexibility index (Phi) is 67.2. The number of carbonyl (C=O) groups excluding carboxylic acids is 4. The molecule has 560 valence electrons. The van der Waals surface area contributed by atoms with Gasteiger partial charge in [0.2, 0.25) is 0 Å². The van der Waals surface area contributed by atoms with Gasteiger partial charge in [-0.1, -0.05) is 232 Å². The van der Waals surface area contributed by atoms with Gasteiger partial charge in [0.05, 0.1) is 26.4 Å². The van der Waals surface area contributed by atoms with E-state index in [2.05, 4.69) is 161 Å². The molecule has 98 heavy (non-hydrogen) atoms. The highest BCUT2D eigenvalue weighted by atomic mass is 31.2. The van der Waals surface area contributed by atoms with E-state index in [1.165, 1.54) is 44.9 Å². The summed E-state index contributed by atoms with van der Waals surface area (Å²) in [6, 6.07) is 0. The molecule has 0 bridgehead atoms. The fraction of sp³-hybridized carbons (Fsp3) is 0.671. The van der Waals surface area contributed by atoms with Gasteiger partial charge in [-0.15, -0.1) is 0 Å². The Morgan fingerprint density at radius 3 is 0.867 bits per heavy atom. The van der Waals surface area contributed by atoms with Crippen molar-refractivity contribution in [3.63, 3.8) is 0 Å². The number of unbranched alkanes of at least 4 members (excludes halogenated alkanes) is 21. The average molecular weight is 1420 g/mol. The van der Waals surface area contributed by atoms with Crippen LogP contribution in [0.2, 0.25) is 0 Å². The van der Waals surface area contributed by atoms with E-state index in [0.29, 0.717) is 25.7 Å². The minimum absolute atomic E-state index is 0.0656. The molecule has 19 heteroatoms. The van der Waals surface area contributed by atoms with Gasteiger partial charge in [0.1, 0.15) is 19.3 Å². The van der Waals surface area contributed by atoms with Crippen LogP contribution in [0.4, 0.5) is 0 Å². The zero-order valence-electron chi connectivity index (χ0n) is 60.9. The Bertz CT molecular complexity index is 2380. The Morgan fingerprint density at radius 2 is 0.531 bits per heavy atom. The van der Waals surface area contributed by atoms with Crippen molar-refractivity contribution in [3.05, 3.63) is 134 Å². The monoisotopic (exact) mass is 1410 g/mol. The van der Waals surface area contributed by atoms with Crippen molar-refractivity contribution in [2.75, 3.05) is 39.6 Å². The lowest BCUT2D eigenvalue weighted by Crippen LogP contribution is -2.30. The molecule has 0 heterocycles. The summed E-state index contributed by atoms with van der Waals surface area (Å²) in [5, 5.41) is 10.6. The number of esters is 4. The van der Waals surface area contributed by atoms with Gasteiger partial charge in [0.15, 0.2) is 12.2 Å². The quantitative estimate of drug-likeness (QED) is 0.0169. The van der Waals surface area contributed by atoms with Gasteiger partial charge in [-0.25, -0.2) is 9.13 Å². The molecule has 0 aromatic heterocycles. The third kappa shape index (κ3) is 69.7. The number of phosphoric acid groups is 2. The number of allylic oxidation sites excluding steroid dienone is 22. The molecule has 0 spiro atoms. The van der Waals surface area contributed by atoms with E-state index in [4.69, 9.17) is 37.0 Å². The van der Waals surface area contributed by atoms with Gasteiger partial charge >= 0.3 is 39.5 Å². The average Bonchev–Trinajstić information content (AvgIpc) is 1.04. The molecule has 0 aliphatic carbocycles. The van der Waals surface area contributed by atoms with Gasteiger partial charge in [0.25, 0.3) is 0 Å². The number of ether oxygens (including phenoxy) is 4. The first-order valence-electron chi connectivity index (χ1n) is 37.4. The van der Waals surface area contributed by atoms with Gasteiger partial charge in [-0.3, -0.25) is 37.3 Å². The van der Waals surface area contributed by atoms with Crippen LogP contribution >= 0.6 is 15.6 Å². The maximum absolute atomic E-state index is 13.1. The van der Waals surface area contributed by atoms with E-state index >= 15 is 0 Å². The van der Waals surface area contributed by atoms with Crippen LogP contribution in [0.5, 0.6) is 0 Å². The zero-order valence-corrected chi connectivity index (χ0v) is 62.7. The van der Waals surface area contributed by atoms with Crippen LogP contribution < -0.4 is 0 Å².